The van der Waals surface area contributed by atoms with Crippen LogP contribution in [0.3, 0.4) is 0 Å². The van der Waals surface area contributed by atoms with Gasteiger partial charge in [0.25, 0.3) is 0 Å². The highest BCUT2D eigenvalue weighted by Crippen LogP contribution is 2.20. The van der Waals surface area contributed by atoms with Crippen LogP contribution in [-0.4, -0.2) is 39.5 Å². The quantitative estimate of drug-likeness (QED) is 0.846. The Balaban J connectivity index is 2.14. The number of sulfonamides is 1. The van der Waals surface area contributed by atoms with Crippen LogP contribution in [0.5, 0.6) is 0 Å². The first-order valence-corrected chi connectivity index (χ1v) is 8.02. The summed E-state index contributed by atoms with van der Waals surface area (Å²) in [5.74, 6) is 0.239. The fraction of sp³-hybridized carbons (Fsp3) is 0.500. The Hall–Kier alpha value is -1.42. The minimum Gasteiger partial charge on any atom is -0.381 e. The highest BCUT2D eigenvalue weighted by Gasteiger charge is 2.25. The molecule has 1 heterocycles. The van der Waals surface area contributed by atoms with Crippen molar-refractivity contribution >= 4 is 10.0 Å². The largest absolute Gasteiger partial charge is 0.381 e. The van der Waals surface area contributed by atoms with Gasteiger partial charge in [-0.05, 0) is 37.0 Å². The van der Waals surface area contributed by atoms with Gasteiger partial charge in [0.05, 0.1) is 23.1 Å². The molecule has 1 fully saturated rings. The smallest absolute Gasteiger partial charge is 0.242 e. The molecule has 0 spiro atoms. The normalized spacial score (nSPS) is 19.8. The molecule has 5 nitrogen and oxygen atoms in total. The lowest BCUT2D eigenvalue weighted by atomic mass is 10.0. The molecule has 0 radical (unpaired) electrons. The molecular formula is C14H18N2O3S. The van der Waals surface area contributed by atoms with Crippen LogP contribution in [0.2, 0.25) is 0 Å². The number of ether oxygens (including phenoxy) is 1. The molecule has 1 saturated heterocycles. The molecule has 20 heavy (non-hydrogen) atoms. The summed E-state index contributed by atoms with van der Waals surface area (Å²) in [6.07, 6.45) is 1.96. The zero-order chi connectivity index (χ0) is 14.6. The van der Waals surface area contributed by atoms with Crippen LogP contribution < -0.4 is 0 Å². The van der Waals surface area contributed by atoms with Gasteiger partial charge in [0.15, 0.2) is 0 Å². The molecule has 1 aliphatic heterocycles. The Morgan fingerprint density at radius 3 is 2.95 bits per heavy atom. The second-order valence-electron chi connectivity index (χ2n) is 5.01. The Morgan fingerprint density at radius 2 is 2.30 bits per heavy atom. The first-order chi connectivity index (χ1) is 9.54. The van der Waals surface area contributed by atoms with E-state index in [2.05, 4.69) is 0 Å². The van der Waals surface area contributed by atoms with Crippen molar-refractivity contribution in [1.82, 2.24) is 4.31 Å². The minimum atomic E-state index is -3.54. The third-order valence-electron chi connectivity index (χ3n) is 3.44. The number of nitriles is 1. The Kier molecular flexibility index (Phi) is 4.76. The third-order valence-corrected chi connectivity index (χ3v) is 5.26. The molecule has 0 bridgehead atoms. The van der Waals surface area contributed by atoms with Crippen molar-refractivity contribution in [3.8, 4) is 6.07 Å². The van der Waals surface area contributed by atoms with Crippen LogP contribution in [-0.2, 0) is 14.8 Å². The van der Waals surface area contributed by atoms with Crippen LogP contribution in [0.15, 0.2) is 29.2 Å². The number of benzene rings is 1. The van der Waals surface area contributed by atoms with Gasteiger partial charge in [0.1, 0.15) is 0 Å². The van der Waals surface area contributed by atoms with Crippen molar-refractivity contribution in [2.45, 2.75) is 17.7 Å². The lowest BCUT2D eigenvalue weighted by molar-refractivity contribution is 0.0495. The van der Waals surface area contributed by atoms with Crippen molar-refractivity contribution < 1.29 is 13.2 Å². The van der Waals surface area contributed by atoms with E-state index >= 15 is 0 Å². The second kappa shape index (κ2) is 6.35. The van der Waals surface area contributed by atoms with E-state index in [-0.39, 0.29) is 10.8 Å². The van der Waals surface area contributed by atoms with Crippen molar-refractivity contribution in [2.75, 3.05) is 26.8 Å². The topological polar surface area (TPSA) is 70.4 Å². The molecule has 1 aromatic carbocycles. The van der Waals surface area contributed by atoms with Crippen molar-refractivity contribution in [3.63, 3.8) is 0 Å². The first kappa shape index (κ1) is 15.0. The predicted octanol–water partition coefficient (Wildman–Crippen LogP) is 1.61. The summed E-state index contributed by atoms with van der Waals surface area (Å²) in [7, 11) is -1.97. The number of hydrogen-bond acceptors (Lipinski definition) is 4. The third kappa shape index (κ3) is 3.37. The standard InChI is InChI=1S/C14H18N2O3S/c1-16(10-13-5-3-7-19-11-13)20(17,18)14-6-2-4-12(8-14)9-15/h2,4,6,8,13H,3,5,7,10-11H2,1H3. The maximum atomic E-state index is 12.4. The van der Waals surface area contributed by atoms with Crippen molar-refractivity contribution in [1.29, 1.82) is 5.26 Å². The van der Waals surface area contributed by atoms with Crippen molar-refractivity contribution in [2.24, 2.45) is 5.92 Å². The fourth-order valence-corrected chi connectivity index (χ4v) is 3.61. The van der Waals surface area contributed by atoms with E-state index in [4.69, 9.17) is 10.00 Å². The van der Waals surface area contributed by atoms with Crippen LogP contribution in [0.25, 0.3) is 0 Å². The number of nitrogens with zero attached hydrogens (tertiary/aromatic N) is 2. The van der Waals surface area contributed by atoms with Gasteiger partial charge in [-0.1, -0.05) is 6.07 Å². The highest BCUT2D eigenvalue weighted by molar-refractivity contribution is 7.89. The summed E-state index contributed by atoms with van der Waals surface area (Å²) in [6, 6.07) is 8.06. The van der Waals surface area contributed by atoms with E-state index in [9.17, 15) is 8.42 Å². The van der Waals surface area contributed by atoms with Crippen LogP contribution in [0, 0.1) is 17.2 Å². The molecular weight excluding hydrogens is 276 g/mol. The number of rotatable bonds is 4. The van der Waals surface area contributed by atoms with Crippen LogP contribution in [0.4, 0.5) is 0 Å². The molecule has 1 aromatic rings. The average Bonchev–Trinajstić information content (AvgIpc) is 2.48. The van der Waals surface area contributed by atoms with Crippen LogP contribution >= 0.6 is 0 Å². The molecule has 108 valence electrons. The molecule has 2 rings (SSSR count). The van der Waals surface area contributed by atoms with Crippen molar-refractivity contribution in [3.05, 3.63) is 29.8 Å². The highest BCUT2D eigenvalue weighted by atomic mass is 32.2. The molecule has 0 aliphatic carbocycles. The maximum absolute atomic E-state index is 12.4. The SMILES string of the molecule is CN(CC1CCCOC1)S(=O)(=O)c1cccc(C#N)c1. The molecule has 1 aliphatic rings. The Labute approximate surface area is 119 Å². The monoisotopic (exact) mass is 294 g/mol. The summed E-state index contributed by atoms with van der Waals surface area (Å²) < 4.78 is 31.6. The summed E-state index contributed by atoms with van der Waals surface area (Å²) >= 11 is 0. The lowest BCUT2D eigenvalue weighted by Crippen LogP contribution is -2.35. The fourth-order valence-electron chi connectivity index (χ4n) is 2.32. The summed E-state index contributed by atoms with van der Waals surface area (Å²) in [4.78, 5) is 0.163. The van der Waals surface area contributed by atoms with Crippen LogP contribution in [0.1, 0.15) is 18.4 Å². The first-order valence-electron chi connectivity index (χ1n) is 6.58. The van der Waals surface area contributed by atoms with Gasteiger partial charge in [-0.2, -0.15) is 5.26 Å². The van der Waals surface area contributed by atoms with Gasteiger partial charge in [0.2, 0.25) is 10.0 Å². The molecule has 1 unspecified atom stereocenters. The zero-order valence-corrected chi connectivity index (χ0v) is 12.3. The van der Waals surface area contributed by atoms with E-state index in [1.807, 2.05) is 6.07 Å². The summed E-state index contributed by atoms with van der Waals surface area (Å²) in [6.45, 7) is 1.81. The van der Waals surface area contributed by atoms with Gasteiger partial charge >= 0.3 is 0 Å². The van der Waals surface area contributed by atoms with Gasteiger partial charge in [0, 0.05) is 20.2 Å². The molecule has 1 atom stereocenters. The second-order valence-corrected chi connectivity index (χ2v) is 7.05. The van der Waals surface area contributed by atoms with E-state index in [0.717, 1.165) is 19.4 Å². The predicted molar refractivity (Wildman–Crippen MR) is 74.5 cm³/mol. The molecule has 0 N–H and O–H groups in total. The lowest BCUT2D eigenvalue weighted by Gasteiger charge is -2.26. The van der Waals surface area contributed by atoms with E-state index < -0.39 is 10.0 Å². The maximum Gasteiger partial charge on any atom is 0.242 e. The van der Waals surface area contributed by atoms with Gasteiger partial charge in [-0.15, -0.1) is 0 Å². The van der Waals surface area contributed by atoms with E-state index in [1.165, 1.54) is 16.4 Å². The van der Waals surface area contributed by atoms with E-state index in [0.29, 0.717) is 18.7 Å². The number of hydrogen-bond donors (Lipinski definition) is 0. The molecule has 0 saturated carbocycles. The molecule has 0 amide bonds. The zero-order valence-electron chi connectivity index (χ0n) is 11.4. The Bertz CT molecular complexity index is 601. The molecule has 0 aromatic heterocycles. The summed E-state index contributed by atoms with van der Waals surface area (Å²) in [5, 5.41) is 8.85. The van der Waals surface area contributed by atoms with Gasteiger partial charge in [-0.25, -0.2) is 12.7 Å². The average molecular weight is 294 g/mol. The van der Waals surface area contributed by atoms with E-state index in [1.54, 1.807) is 19.2 Å². The summed E-state index contributed by atoms with van der Waals surface area (Å²) in [5.41, 5.74) is 0.348. The minimum absolute atomic E-state index is 0.163. The van der Waals surface area contributed by atoms with Gasteiger partial charge < -0.3 is 4.74 Å². The van der Waals surface area contributed by atoms with Gasteiger partial charge in [-0.3, -0.25) is 0 Å². The molecule has 6 heteroatoms. The Morgan fingerprint density at radius 1 is 1.50 bits per heavy atom.